The Morgan fingerprint density at radius 2 is 2.39 bits per heavy atom. The zero-order chi connectivity index (χ0) is 13.0. The molecule has 1 fully saturated rings. The summed E-state index contributed by atoms with van der Waals surface area (Å²) in [6, 6.07) is 2.53. The number of nitrogens with one attached hydrogen (secondary N) is 1. The van der Waals surface area contributed by atoms with Crippen LogP contribution in [0.25, 0.3) is 0 Å². The Morgan fingerprint density at radius 1 is 1.56 bits per heavy atom. The van der Waals surface area contributed by atoms with E-state index in [9.17, 15) is 4.79 Å². The van der Waals surface area contributed by atoms with E-state index in [2.05, 4.69) is 18.3 Å². The minimum absolute atomic E-state index is 0.175. The van der Waals surface area contributed by atoms with Gasteiger partial charge in [0, 0.05) is 19.6 Å². The highest BCUT2D eigenvalue weighted by atomic mass is 32.1. The molecular weight excluding hydrogens is 244 g/mol. The standard InChI is InChI=1S/C14H22N2OS/c1-3-11-7-9-18-13(11)14(17)16(2)10-12-6-4-5-8-15-12/h7,9,12,15H,3-6,8,10H2,1-2H3. The van der Waals surface area contributed by atoms with E-state index < -0.39 is 0 Å². The molecule has 1 unspecified atom stereocenters. The SMILES string of the molecule is CCc1ccsc1C(=O)N(C)CC1CCCCN1. The van der Waals surface area contributed by atoms with Crippen molar-refractivity contribution in [2.45, 2.75) is 38.6 Å². The van der Waals surface area contributed by atoms with Gasteiger partial charge in [-0.15, -0.1) is 11.3 Å². The molecule has 100 valence electrons. The predicted octanol–water partition coefficient (Wildman–Crippen LogP) is 2.52. The zero-order valence-electron chi connectivity index (χ0n) is 11.2. The van der Waals surface area contributed by atoms with Gasteiger partial charge in [0.15, 0.2) is 0 Å². The van der Waals surface area contributed by atoms with E-state index in [0.29, 0.717) is 6.04 Å². The molecule has 0 bridgehead atoms. The summed E-state index contributed by atoms with van der Waals surface area (Å²) < 4.78 is 0. The maximum atomic E-state index is 12.4. The molecule has 1 aliphatic heterocycles. The van der Waals surface area contributed by atoms with Crippen molar-refractivity contribution >= 4 is 17.2 Å². The predicted molar refractivity (Wildman–Crippen MR) is 76.3 cm³/mol. The second-order valence-corrected chi connectivity index (χ2v) is 5.88. The number of nitrogens with zero attached hydrogens (tertiary/aromatic N) is 1. The van der Waals surface area contributed by atoms with Crippen LogP contribution in [0.2, 0.25) is 0 Å². The van der Waals surface area contributed by atoms with Gasteiger partial charge in [-0.05, 0) is 42.8 Å². The number of aryl methyl sites for hydroxylation is 1. The minimum atomic E-state index is 0.175. The number of carbonyl (C=O) groups excluding carboxylic acids is 1. The smallest absolute Gasteiger partial charge is 0.263 e. The lowest BCUT2D eigenvalue weighted by Crippen LogP contribution is -2.44. The van der Waals surface area contributed by atoms with Gasteiger partial charge in [-0.3, -0.25) is 4.79 Å². The molecule has 1 aliphatic rings. The summed E-state index contributed by atoms with van der Waals surface area (Å²) >= 11 is 1.56. The second-order valence-electron chi connectivity index (χ2n) is 4.96. The van der Waals surface area contributed by atoms with Crippen LogP contribution in [-0.4, -0.2) is 37.0 Å². The third-order valence-corrected chi connectivity index (χ3v) is 4.52. The Balaban J connectivity index is 1.95. The Morgan fingerprint density at radius 3 is 3.06 bits per heavy atom. The van der Waals surface area contributed by atoms with Crippen LogP contribution in [0.1, 0.15) is 41.4 Å². The average Bonchev–Trinajstić information content (AvgIpc) is 2.87. The Labute approximate surface area is 113 Å². The first-order valence-corrected chi connectivity index (χ1v) is 7.65. The number of likely N-dealkylation sites (N-methyl/N-ethyl adjacent to an activating group) is 1. The van der Waals surface area contributed by atoms with Gasteiger partial charge in [0.2, 0.25) is 0 Å². The van der Waals surface area contributed by atoms with Crippen LogP contribution in [0, 0.1) is 0 Å². The van der Waals surface area contributed by atoms with Crippen LogP contribution in [0.5, 0.6) is 0 Å². The molecule has 0 aliphatic carbocycles. The molecule has 3 nitrogen and oxygen atoms in total. The van der Waals surface area contributed by atoms with Gasteiger partial charge in [-0.25, -0.2) is 0 Å². The molecule has 2 heterocycles. The van der Waals surface area contributed by atoms with Crippen LogP contribution in [0.15, 0.2) is 11.4 Å². The maximum absolute atomic E-state index is 12.4. The second kappa shape index (κ2) is 6.34. The van der Waals surface area contributed by atoms with Crippen molar-refractivity contribution < 1.29 is 4.79 Å². The lowest BCUT2D eigenvalue weighted by atomic mass is 10.0. The molecule has 4 heteroatoms. The summed E-state index contributed by atoms with van der Waals surface area (Å²) in [6.45, 7) is 4.01. The highest BCUT2D eigenvalue weighted by Crippen LogP contribution is 2.19. The molecule has 0 radical (unpaired) electrons. The van der Waals surface area contributed by atoms with Gasteiger partial charge in [0.1, 0.15) is 0 Å². The summed E-state index contributed by atoms with van der Waals surface area (Å²) in [7, 11) is 1.91. The van der Waals surface area contributed by atoms with E-state index >= 15 is 0 Å². The number of hydrogen-bond donors (Lipinski definition) is 1. The number of amides is 1. The van der Waals surface area contributed by atoms with Gasteiger partial charge in [-0.1, -0.05) is 13.3 Å². The van der Waals surface area contributed by atoms with Crippen LogP contribution in [0.3, 0.4) is 0 Å². The fourth-order valence-corrected chi connectivity index (χ4v) is 3.46. The Kier molecular flexibility index (Phi) is 4.78. The van der Waals surface area contributed by atoms with Crippen molar-refractivity contribution in [1.29, 1.82) is 0 Å². The van der Waals surface area contributed by atoms with Crippen LogP contribution >= 0.6 is 11.3 Å². The normalized spacial score (nSPS) is 19.8. The van der Waals surface area contributed by atoms with E-state index in [1.165, 1.54) is 24.8 Å². The Hall–Kier alpha value is -0.870. The molecule has 1 aromatic heterocycles. The van der Waals surface area contributed by atoms with Crippen molar-refractivity contribution in [3.8, 4) is 0 Å². The Bertz CT molecular complexity index is 396. The fraction of sp³-hybridized carbons (Fsp3) is 0.643. The third kappa shape index (κ3) is 3.12. The highest BCUT2D eigenvalue weighted by molar-refractivity contribution is 7.12. The van der Waals surface area contributed by atoms with Gasteiger partial charge in [-0.2, -0.15) is 0 Å². The molecule has 1 N–H and O–H groups in total. The number of thiophene rings is 1. The minimum Gasteiger partial charge on any atom is -0.339 e. The number of carbonyl (C=O) groups is 1. The van der Waals surface area contributed by atoms with Crippen molar-refractivity contribution in [2.24, 2.45) is 0 Å². The quantitative estimate of drug-likeness (QED) is 0.908. The molecule has 0 spiro atoms. The average molecular weight is 266 g/mol. The van der Waals surface area contributed by atoms with Gasteiger partial charge in [0.05, 0.1) is 4.88 Å². The van der Waals surface area contributed by atoms with Crippen LogP contribution < -0.4 is 5.32 Å². The van der Waals surface area contributed by atoms with Crippen molar-refractivity contribution in [1.82, 2.24) is 10.2 Å². The first kappa shape index (κ1) is 13.6. The summed E-state index contributed by atoms with van der Waals surface area (Å²) in [4.78, 5) is 15.1. The zero-order valence-corrected chi connectivity index (χ0v) is 12.1. The summed E-state index contributed by atoms with van der Waals surface area (Å²) in [5, 5.41) is 5.50. The molecule has 0 aromatic carbocycles. The largest absolute Gasteiger partial charge is 0.339 e. The van der Waals surface area contributed by atoms with E-state index in [-0.39, 0.29) is 5.91 Å². The fourth-order valence-electron chi connectivity index (χ4n) is 2.47. The first-order chi connectivity index (χ1) is 8.72. The van der Waals surface area contributed by atoms with E-state index in [0.717, 1.165) is 24.4 Å². The molecule has 1 atom stereocenters. The van der Waals surface area contributed by atoms with E-state index in [1.807, 2.05) is 17.3 Å². The number of rotatable bonds is 4. The maximum Gasteiger partial charge on any atom is 0.263 e. The monoisotopic (exact) mass is 266 g/mol. The van der Waals surface area contributed by atoms with Crippen molar-refractivity contribution in [2.75, 3.05) is 20.1 Å². The summed E-state index contributed by atoms with van der Waals surface area (Å²) in [6.07, 6.45) is 4.65. The van der Waals surface area contributed by atoms with Crippen molar-refractivity contribution in [3.05, 3.63) is 21.9 Å². The lowest BCUT2D eigenvalue weighted by molar-refractivity contribution is 0.0779. The van der Waals surface area contributed by atoms with E-state index in [1.54, 1.807) is 11.3 Å². The van der Waals surface area contributed by atoms with Crippen LogP contribution in [0.4, 0.5) is 0 Å². The topological polar surface area (TPSA) is 32.3 Å². The molecule has 1 saturated heterocycles. The summed E-state index contributed by atoms with van der Waals surface area (Å²) in [5.41, 5.74) is 1.17. The van der Waals surface area contributed by atoms with E-state index in [4.69, 9.17) is 0 Å². The van der Waals surface area contributed by atoms with Crippen LogP contribution in [-0.2, 0) is 6.42 Å². The molecule has 0 saturated carbocycles. The molecule has 18 heavy (non-hydrogen) atoms. The third-order valence-electron chi connectivity index (χ3n) is 3.58. The molecule has 1 amide bonds. The first-order valence-electron chi connectivity index (χ1n) is 6.77. The lowest BCUT2D eigenvalue weighted by Gasteiger charge is -2.28. The molecule has 2 rings (SSSR count). The van der Waals surface area contributed by atoms with Gasteiger partial charge in [0.25, 0.3) is 5.91 Å². The van der Waals surface area contributed by atoms with Gasteiger partial charge >= 0.3 is 0 Å². The van der Waals surface area contributed by atoms with Gasteiger partial charge < -0.3 is 10.2 Å². The summed E-state index contributed by atoms with van der Waals surface area (Å²) in [5.74, 6) is 0.175. The number of piperidine rings is 1. The highest BCUT2D eigenvalue weighted by Gasteiger charge is 2.20. The number of hydrogen-bond acceptors (Lipinski definition) is 3. The van der Waals surface area contributed by atoms with Crippen molar-refractivity contribution in [3.63, 3.8) is 0 Å². The molecule has 1 aromatic rings. The molecular formula is C14H22N2OS.